The van der Waals surface area contributed by atoms with Crippen LogP contribution in [-0.4, -0.2) is 24.4 Å². The van der Waals surface area contributed by atoms with Crippen LogP contribution in [0.25, 0.3) is 6.08 Å². The van der Waals surface area contributed by atoms with Gasteiger partial charge in [0.05, 0.1) is 0 Å². The molecule has 0 aliphatic carbocycles. The highest BCUT2D eigenvalue weighted by Gasteiger charge is 2.12. The molecule has 4 heteroatoms. The molecule has 0 fully saturated rings. The number of rotatable bonds is 6. The number of nitrogens with one attached hydrogen (secondary N) is 2. The smallest absolute Gasteiger partial charge is 0.244 e. The van der Waals surface area contributed by atoms with Crippen LogP contribution in [0.1, 0.15) is 12.5 Å². The summed E-state index contributed by atoms with van der Waals surface area (Å²) in [6, 6.07) is 8.90. The monoisotopic (exact) mass is 258 g/mol. The lowest BCUT2D eigenvalue weighted by atomic mass is 10.2. The van der Waals surface area contributed by atoms with Crippen LogP contribution < -0.4 is 10.6 Å². The summed E-state index contributed by atoms with van der Waals surface area (Å²) in [5.41, 5.74) is 0.932. The third kappa shape index (κ3) is 5.68. The van der Waals surface area contributed by atoms with Crippen LogP contribution in [0, 0.1) is 0 Å². The fraction of sp³-hybridized carbons (Fsp3) is 0.200. The van der Waals surface area contributed by atoms with Gasteiger partial charge in [-0.3, -0.25) is 9.59 Å². The second kappa shape index (κ2) is 7.87. The molecule has 0 radical (unpaired) electrons. The van der Waals surface area contributed by atoms with Crippen molar-refractivity contribution >= 4 is 17.9 Å². The van der Waals surface area contributed by atoms with Crippen LogP contribution >= 0.6 is 0 Å². The minimum Gasteiger partial charge on any atom is -0.351 e. The molecule has 1 rings (SSSR count). The Hall–Kier alpha value is -2.36. The molecule has 19 heavy (non-hydrogen) atoms. The van der Waals surface area contributed by atoms with Crippen molar-refractivity contribution in [3.63, 3.8) is 0 Å². The Morgan fingerprint density at radius 2 is 2.00 bits per heavy atom. The molecule has 1 atom stereocenters. The minimum absolute atomic E-state index is 0.235. The highest BCUT2D eigenvalue weighted by molar-refractivity contribution is 5.95. The largest absolute Gasteiger partial charge is 0.351 e. The van der Waals surface area contributed by atoms with Gasteiger partial charge < -0.3 is 10.6 Å². The van der Waals surface area contributed by atoms with Crippen molar-refractivity contribution in [2.24, 2.45) is 0 Å². The number of amides is 2. The lowest BCUT2D eigenvalue weighted by Gasteiger charge is -2.11. The fourth-order valence-corrected chi connectivity index (χ4v) is 1.39. The molecular weight excluding hydrogens is 240 g/mol. The van der Waals surface area contributed by atoms with Crippen LogP contribution in [0.15, 0.2) is 49.1 Å². The van der Waals surface area contributed by atoms with E-state index >= 15 is 0 Å². The van der Waals surface area contributed by atoms with Gasteiger partial charge in [0.15, 0.2) is 0 Å². The Kier molecular flexibility index (Phi) is 6.09. The molecule has 2 N–H and O–H groups in total. The molecule has 2 amide bonds. The molecule has 0 aliphatic rings. The maximum Gasteiger partial charge on any atom is 0.244 e. The SMILES string of the molecule is C=CCNC(=O)[C@H](C)NC(=O)/C=C/c1ccccc1. The molecule has 0 spiro atoms. The van der Waals surface area contributed by atoms with E-state index < -0.39 is 6.04 Å². The summed E-state index contributed by atoms with van der Waals surface area (Å²) < 4.78 is 0. The molecule has 0 aromatic heterocycles. The molecule has 1 aromatic rings. The maximum absolute atomic E-state index is 11.6. The Balaban J connectivity index is 2.44. The molecule has 0 unspecified atom stereocenters. The van der Waals surface area contributed by atoms with Crippen molar-refractivity contribution in [1.82, 2.24) is 10.6 Å². The van der Waals surface area contributed by atoms with Crippen molar-refractivity contribution < 1.29 is 9.59 Å². The molecule has 0 saturated carbocycles. The van der Waals surface area contributed by atoms with Crippen molar-refractivity contribution in [3.05, 3.63) is 54.6 Å². The Morgan fingerprint density at radius 3 is 2.63 bits per heavy atom. The van der Waals surface area contributed by atoms with Crippen molar-refractivity contribution in [1.29, 1.82) is 0 Å². The van der Waals surface area contributed by atoms with E-state index in [4.69, 9.17) is 0 Å². The summed E-state index contributed by atoms with van der Waals surface area (Å²) in [4.78, 5) is 23.1. The zero-order valence-corrected chi connectivity index (χ0v) is 10.9. The van der Waals surface area contributed by atoms with Gasteiger partial charge in [0.25, 0.3) is 0 Å². The molecule has 0 saturated heterocycles. The van der Waals surface area contributed by atoms with Gasteiger partial charge in [0.2, 0.25) is 11.8 Å². The van der Waals surface area contributed by atoms with Crippen LogP contribution in [0.2, 0.25) is 0 Å². The predicted octanol–water partition coefficient (Wildman–Crippen LogP) is 1.51. The van der Waals surface area contributed by atoms with E-state index in [0.29, 0.717) is 6.54 Å². The van der Waals surface area contributed by atoms with E-state index in [0.717, 1.165) is 5.56 Å². The van der Waals surface area contributed by atoms with Gasteiger partial charge in [-0.25, -0.2) is 0 Å². The number of hydrogen-bond acceptors (Lipinski definition) is 2. The van der Waals surface area contributed by atoms with Crippen LogP contribution in [0.3, 0.4) is 0 Å². The third-order valence-corrected chi connectivity index (χ3v) is 2.40. The first-order valence-corrected chi connectivity index (χ1v) is 6.05. The summed E-state index contributed by atoms with van der Waals surface area (Å²) in [5.74, 6) is -0.536. The summed E-state index contributed by atoms with van der Waals surface area (Å²) >= 11 is 0. The average Bonchev–Trinajstić information content (AvgIpc) is 2.43. The summed E-state index contributed by atoms with van der Waals surface area (Å²) in [6.45, 7) is 5.52. The number of carbonyl (C=O) groups is 2. The zero-order chi connectivity index (χ0) is 14.1. The van der Waals surface area contributed by atoms with Crippen LogP contribution in [0.5, 0.6) is 0 Å². The lowest BCUT2D eigenvalue weighted by Crippen LogP contribution is -2.44. The normalized spacial score (nSPS) is 11.8. The Labute approximate surface area is 113 Å². The first-order chi connectivity index (χ1) is 9.13. The van der Waals surface area contributed by atoms with Crippen LogP contribution in [-0.2, 0) is 9.59 Å². The fourth-order valence-electron chi connectivity index (χ4n) is 1.39. The summed E-state index contributed by atoms with van der Waals surface area (Å²) in [6.07, 6.45) is 4.69. The van der Waals surface area contributed by atoms with Crippen LogP contribution in [0.4, 0.5) is 0 Å². The van der Waals surface area contributed by atoms with Gasteiger partial charge >= 0.3 is 0 Å². The van der Waals surface area contributed by atoms with Crippen molar-refractivity contribution in [2.45, 2.75) is 13.0 Å². The topological polar surface area (TPSA) is 58.2 Å². The third-order valence-electron chi connectivity index (χ3n) is 2.40. The quantitative estimate of drug-likeness (QED) is 0.600. The van der Waals surface area contributed by atoms with Gasteiger partial charge in [-0.15, -0.1) is 6.58 Å². The summed E-state index contributed by atoms with van der Waals surface area (Å²) in [7, 11) is 0. The minimum atomic E-state index is -0.576. The van der Waals surface area contributed by atoms with E-state index in [-0.39, 0.29) is 11.8 Å². The van der Waals surface area contributed by atoms with Gasteiger partial charge in [0, 0.05) is 12.6 Å². The molecule has 1 aromatic carbocycles. The van der Waals surface area contributed by atoms with Gasteiger partial charge in [0.1, 0.15) is 6.04 Å². The standard InChI is InChI=1S/C15H18N2O2/c1-3-11-16-15(19)12(2)17-14(18)10-9-13-7-5-4-6-8-13/h3-10,12H,1,11H2,2H3,(H,16,19)(H,17,18)/b10-9+/t12-/m0/s1. The Bertz CT molecular complexity index is 466. The van der Waals surface area contributed by atoms with Crippen molar-refractivity contribution in [3.8, 4) is 0 Å². The van der Waals surface area contributed by atoms with E-state index in [9.17, 15) is 9.59 Å². The molecule has 4 nitrogen and oxygen atoms in total. The molecule has 0 heterocycles. The highest BCUT2D eigenvalue weighted by Crippen LogP contribution is 2.00. The second-order valence-electron chi connectivity index (χ2n) is 4.01. The first kappa shape index (κ1) is 14.7. The summed E-state index contributed by atoms with van der Waals surface area (Å²) in [5, 5.41) is 5.20. The first-order valence-electron chi connectivity index (χ1n) is 6.05. The average molecular weight is 258 g/mol. The second-order valence-corrected chi connectivity index (χ2v) is 4.01. The zero-order valence-electron chi connectivity index (χ0n) is 10.9. The molecule has 0 aliphatic heterocycles. The van der Waals surface area contributed by atoms with E-state index in [1.165, 1.54) is 6.08 Å². The predicted molar refractivity (Wildman–Crippen MR) is 76.3 cm³/mol. The number of hydrogen-bond donors (Lipinski definition) is 2. The number of benzene rings is 1. The maximum atomic E-state index is 11.6. The van der Waals surface area contributed by atoms with Crippen molar-refractivity contribution in [2.75, 3.05) is 6.54 Å². The lowest BCUT2D eigenvalue weighted by molar-refractivity contribution is -0.126. The Morgan fingerprint density at radius 1 is 1.32 bits per heavy atom. The highest BCUT2D eigenvalue weighted by atomic mass is 16.2. The van der Waals surface area contributed by atoms with Gasteiger partial charge in [-0.05, 0) is 18.6 Å². The van der Waals surface area contributed by atoms with E-state index in [1.807, 2.05) is 30.3 Å². The molecular formula is C15H18N2O2. The molecule has 0 bridgehead atoms. The van der Waals surface area contributed by atoms with E-state index in [2.05, 4.69) is 17.2 Å². The number of carbonyl (C=O) groups excluding carboxylic acids is 2. The van der Waals surface area contributed by atoms with Gasteiger partial charge in [-0.1, -0.05) is 36.4 Å². The van der Waals surface area contributed by atoms with Gasteiger partial charge in [-0.2, -0.15) is 0 Å². The molecule has 100 valence electrons. The van der Waals surface area contributed by atoms with E-state index in [1.54, 1.807) is 19.1 Å².